The molecule has 0 saturated carbocycles. The lowest BCUT2D eigenvalue weighted by molar-refractivity contribution is -0.115. The highest BCUT2D eigenvalue weighted by Crippen LogP contribution is 2.27. The molecule has 2 fully saturated rings. The second-order valence-electron chi connectivity index (χ2n) is 7.96. The van der Waals surface area contributed by atoms with Crippen molar-refractivity contribution in [1.29, 1.82) is 0 Å². The minimum Gasteiger partial charge on any atom is -0.307 e. The van der Waals surface area contributed by atoms with Gasteiger partial charge in [-0.1, -0.05) is 42.2 Å². The number of benzene rings is 2. The molecule has 1 amide bonds. The minimum atomic E-state index is -0.139. The first-order valence-corrected chi connectivity index (χ1v) is 11.5. The Hall–Kier alpha value is -2.52. The number of nitrogens with zero attached hydrogens (tertiary/aromatic N) is 4. The third-order valence-corrected chi connectivity index (χ3v) is 6.86. The number of carbonyl (C=O) groups excluding carboxylic acids is 1. The molecule has 8 heteroatoms. The molecule has 5 rings (SSSR count). The molecule has 158 valence electrons. The van der Waals surface area contributed by atoms with E-state index in [1.165, 1.54) is 17.3 Å². The second-order valence-corrected chi connectivity index (χ2v) is 9.68. The molecule has 3 aromatic rings. The number of fused-ring (bicyclic) bond motifs is 1. The van der Waals surface area contributed by atoms with Crippen LogP contribution in [0.2, 0.25) is 0 Å². The Morgan fingerprint density at radius 3 is 2.77 bits per heavy atom. The molecule has 3 heterocycles. The largest absolute Gasteiger partial charge is 0.307 e. The molecule has 0 atom stereocenters. The molecule has 1 aromatic heterocycles. The number of aromatic nitrogens is 2. The van der Waals surface area contributed by atoms with E-state index in [0.29, 0.717) is 9.23 Å². The van der Waals surface area contributed by atoms with Crippen molar-refractivity contribution >= 4 is 51.3 Å². The molecule has 6 nitrogen and oxygen atoms in total. The zero-order valence-electron chi connectivity index (χ0n) is 17.2. The highest BCUT2D eigenvalue weighted by molar-refractivity contribution is 8.26. The van der Waals surface area contributed by atoms with Crippen LogP contribution in [0.5, 0.6) is 0 Å². The van der Waals surface area contributed by atoms with Crippen molar-refractivity contribution in [3.63, 3.8) is 0 Å². The van der Waals surface area contributed by atoms with Crippen molar-refractivity contribution in [2.24, 2.45) is 0 Å². The first-order chi connectivity index (χ1) is 15.0. The minimum absolute atomic E-state index is 0.139. The molecule has 0 spiro atoms. The van der Waals surface area contributed by atoms with Crippen LogP contribution in [-0.4, -0.2) is 62.8 Å². The summed E-state index contributed by atoms with van der Waals surface area (Å²) in [7, 11) is 2.18. The normalized spacial score (nSPS) is 19.5. The molecule has 0 bridgehead atoms. The zero-order chi connectivity index (χ0) is 21.4. The van der Waals surface area contributed by atoms with Gasteiger partial charge in [0.25, 0.3) is 5.91 Å². The highest BCUT2D eigenvalue weighted by Gasteiger charge is 2.22. The first kappa shape index (κ1) is 20.4. The van der Waals surface area contributed by atoms with Gasteiger partial charge >= 0.3 is 0 Å². The van der Waals surface area contributed by atoms with Gasteiger partial charge in [-0.15, -0.1) is 0 Å². The number of amides is 1. The van der Waals surface area contributed by atoms with E-state index in [2.05, 4.69) is 62.0 Å². The molecule has 0 unspecified atom stereocenters. The number of rotatable bonds is 4. The van der Waals surface area contributed by atoms with Crippen molar-refractivity contribution in [3.05, 3.63) is 64.8 Å². The predicted octanol–water partition coefficient (Wildman–Crippen LogP) is 3.26. The maximum absolute atomic E-state index is 12.0. The third kappa shape index (κ3) is 4.43. The fraction of sp³-hybridized carbons (Fsp3) is 0.261. The van der Waals surface area contributed by atoms with Crippen molar-refractivity contribution in [1.82, 2.24) is 24.7 Å². The van der Waals surface area contributed by atoms with E-state index in [1.807, 2.05) is 24.5 Å². The monoisotopic (exact) mass is 449 g/mol. The van der Waals surface area contributed by atoms with Crippen molar-refractivity contribution in [3.8, 4) is 5.69 Å². The van der Waals surface area contributed by atoms with Gasteiger partial charge < -0.3 is 10.2 Å². The molecule has 0 aliphatic carbocycles. The number of thiocarbonyl (C=S) groups is 1. The van der Waals surface area contributed by atoms with E-state index in [1.54, 1.807) is 0 Å². The second kappa shape index (κ2) is 8.55. The van der Waals surface area contributed by atoms with Crippen LogP contribution in [0.1, 0.15) is 11.1 Å². The van der Waals surface area contributed by atoms with E-state index in [9.17, 15) is 4.79 Å². The van der Waals surface area contributed by atoms with Crippen LogP contribution in [-0.2, 0) is 11.3 Å². The molecular weight excluding hydrogens is 426 g/mol. The van der Waals surface area contributed by atoms with E-state index in [-0.39, 0.29) is 5.91 Å². The van der Waals surface area contributed by atoms with Gasteiger partial charge in [0.05, 0.1) is 15.9 Å². The average molecular weight is 450 g/mol. The lowest BCUT2D eigenvalue weighted by Crippen LogP contribution is -2.43. The lowest BCUT2D eigenvalue weighted by atomic mass is 10.1. The number of hydrogen-bond donors (Lipinski definition) is 1. The Bertz CT molecular complexity index is 1190. The first-order valence-electron chi connectivity index (χ1n) is 10.3. The van der Waals surface area contributed by atoms with E-state index in [4.69, 9.17) is 12.2 Å². The maximum atomic E-state index is 12.0. The Morgan fingerprint density at radius 2 is 2.00 bits per heavy atom. The summed E-state index contributed by atoms with van der Waals surface area (Å²) in [6.45, 7) is 5.39. The molecule has 2 aliphatic heterocycles. The fourth-order valence-corrected chi connectivity index (χ4v) is 5.01. The fourth-order valence-electron chi connectivity index (χ4n) is 3.96. The predicted molar refractivity (Wildman–Crippen MR) is 130 cm³/mol. The Kier molecular flexibility index (Phi) is 5.62. The van der Waals surface area contributed by atoms with Crippen LogP contribution in [0.3, 0.4) is 0 Å². The third-order valence-electron chi connectivity index (χ3n) is 5.70. The molecule has 0 radical (unpaired) electrons. The summed E-state index contributed by atoms with van der Waals surface area (Å²) in [5.74, 6) is -0.139. The van der Waals surface area contributed by atoms with Crippen LogP contribution in [0.25, 0.3) is 22.8 Å². The Morgan fingerprint density at radius 1 is 1.16 bits per heavy atom. The van der Waals surface area contributed by atoms with E-state index in [0.717, 1.165) is 55.0 Å². The summed E-state index contributed by atoms with van der Waals surface area (Å²) >= 11 is 6.38. The number of imidazole rings is 1. The van der Waals surface area contributed by atoms with Crippen LogP contribution in [0.15, 0.2) is 53.7 Å². The summed E-state index contributed by atoms with van der Waals surface area (Å²) in [6.07, 6.45) is 3.74. The number of nitrogens with one attached hydrogen (secondary N) is 1. The quantitative estimate of drug-likeness (QED) is 0.487. The summed E-state index contributed by atoms with van der Waals surface area (Å²) < 4.78 is 2.61. The molecule has 2 aliphatic rings. The van der Waals surface area contributed by atoms with Crippen LogP contribution in [0.4, 0.5) is 0 Å². The van der Waals surface area contributed by atoms with Crippen molar-refractivity contribution in [2.75, 3.05) is 33.2 Å². The topological polar surface area (TPSA) is 53.4 Å². The van der Waals surface area contributed by atoms with Gasteiger partial charge in [0, 0.05) is 38.4 Å². The number of hydrogen-bond acceptors (Lipinski definition) is 6. The summed E-state index contributed by atoms with van der Waals surface area (Å²) in [5.41, 5.74) is 5.27. The van der Waals surface area contributed by atoms with Gasteiger partial charge in [-0.05, 0) is 48.5 Å². The SMILES string of the molecule is CN1CCN(Cc2cccc(-n3cnc4ccc(C=C5SC(=S)NC5=O)cc43)c2)CC1. The van der Waals surface area contributed by atoms with Gasteiger partial charge in [0.2, 0.25) is 0 Å². The Labute approximate surface area is 190 Å². The maximum Gasteiger partial charge on any atom is 0.263 e. The van der Waals surface area contributed by atoms with E-state index >= 15 is 0 Å². The lowest BCUT2D eigenvalue weighted by Gasteiger charge is -2.32. The summed E-state index contributed by atoms with van der Waals surface area (Å²) in [6, 6.07) is 14.7. The van der Waals surface area contributed by atoms with Crippen molar-refractivity contribution < 1.29 is 4.79 Å². The number of thioether (sulfide) groups is 1. The van der Waals surface area contributed by atoms with Gasteiger partial charge in [-0.3, -0.25) is 14.3 Å². The number of piperazine rings is 1. The number of carbonyl (C=O) groups is 1. The van der Waals surface area contributed by atoms with Crippen LogP contribution >= 0.6 is 24.0 Å². The van der Waals surface area contributed by atoms with Gasteiger partial charge in [0.1, 0.15) is 10.6 Å². The van der Waals surface area contributed by atoms with E-state index < -0.39 is 0 Å². The average Bonchev–Trinajstić information content (AvgIpc) is 3.32. The van der Waals surface area contributed by atoms with Gasteiger partial charge in [-0.2, -0.15) is 0 Å². The molecule has 2 aromatic carbocycles. The summed E-state index contributed by atoms with van der Waals surface area (Å²) in [4.78, 5) is 22.1. The summed E-state index contributed by atoms with van der Waals surface area (Å²) in [5, 5.41) is 2.66. The molecular formula is C23H23N5OS2. The van der Waals surface area contributed by atoms with Crippen molar-refractivity contribution in [2.45, 2.75) is 6.54 Å². The Balaban J connectivity index is 1.43. The van der Waals surface area contributed by atoms with Crippen LogP contribution < -0.4 is 5.32 Å². The highest BCUT2D eigenvalue weighted by atomic mass is 32.2. The molecule has 31 heavy (non-hydrogen) atoms. The molecule has 2 saturated heterocycles. The number of likely N-dealkylation sites (N-methyl/N-ethyl adjacent to an activating group) is 1. The van der Waals surface area contributed by atoms with Gasteiger partial charge in [0.15, 0.2) is 0 Å². The van der Waals surface area contributed by atoms with Gasteiger partial charge in [-0.25, -0.2) is 4.98 Å². The standard InChI is InChI=1S/C23H23N5OS2/c1-26-7-9-27(10-8-26)14-17-3-2-4-18(11-17)28-15-24-19-6-5-16(12-20(19)28)13-21-22(29)25-23(30)31-21/h2-6,11-13,15H,7-10,14H2,1H3,(H,25,29,30). The smallest absolute Gasteiger partial charge is 0.263 e. The zero-order valence-corrected chi connectivity index (χ0v) is 18.9. The van der Waals surface area contributed by atoms with Crippen LogP contribution in [0, 0.1) is 0 Å². The molecule has 1 N–H and O–H groups in total.